The maximum absolute atomic E-state index is 13.6. The van der Waals surface area contributed by atoms with Crippen LogP contribution in [0, 0.1) is 29.5 Å². The number of pyridine rings is 1. The maximum Gasteiger partial charge on any atom is 0.432 e. The average molecular weight is 448 g/mol. The van der Waals surface area contributed by atoms with Crippen LogP contribution in [-0.4, -0.2) is 27.2 Å². The molecule has 5 atom stereocenters. The summed E-state index contributed by atoms with van der Waals surface area (Å²) in [6, 6.07) is 6.87. The summed E-state index contributed by atoms with van der Waals surface area (Å²) < 4.78 is 57.8. The zero-order valence-corrected chi connectivity index (χ0v) is 17.0. The summed E-state index contributed by atoms with van der Waals surface area (Å²) in [6.07, 6.45) is -1.42. The van der Waals surface area contributed by atoms with E-state index in [-0.39, 0.29) is 35.5 Å². The Kier molecular flexibility index (Phi) is 4.83. The van der Waals surface area contributed by atoms with E-state index in [1.807, 2.05) is 5.10 Å². The molecule has 3 unspecified atom stereocenters. The Hall–Kier alpha value is -3.17. The van der Waals surface area contributed by atoms with Crippen molar-refractivity contribution < 1.29 is 27.1 Å². The van der Waals surface area contributed by atoms with Crippen molar-refractivity contribution in [2.75, 3.05) is 5.32 Å². The number of alkyl halides is 3. The maximum atomic E-state index is 13.6. The number of ether oxygens (including phenoxy) is 1. The molecule has 2 heterocycles. The summed E-state index contributed by atoms with van der Waals surface area (Å²) in [5, 5.41) is 8.49. The summed E-state index contributed by atoms with van der Waals surface area (Å²) in [7, 11) is 0. The third kappa shape index (κ3) is 3.78. The smallest absolute Gasteiger partial charge is 0.432 e. The van der Waals surface area contributed by atoms with Crippen LogP contribution < -0.4 is 10.1 Å². The molecule has 3 aromatic rings. The Morgan fingerprint density at radius 3 is 2.66 bits per heavy atom. The van der Waals surface area contributed by atoms with Gasteiger partial charge in [0, 0.05) is 23.6 Å². The monoisotopic (exact) mass is 448 g/mol. The number of carbonyl (C=O) groups is 1. The zero-order valence-electron chi connectivity index (χ0n) is 17.0. The highest BCUT2D eigenvalue weighted by Gasteiger charge is 2.59. The summed E-state index contributed by atoms with van der Waals surface area (Å²) >= 11 is 0. The molecule has 10 heteroatoms. The summed E-state index contributed by atoms with van der Waals surface area (Å²) in [5.74, 6) is 0.169. The minimum atomic E-state index is -4.55. The molecule has 2 N–H and O–H groups in total. The van der Waals surface area contributed by atoms with Crippen LogP contribution in [0.1, 0.15) is 25.5 Å². The topological polar surface area (TPSA) is 79.9 Å². The number of hydrogen-bond acceptors (Lipinski definition) is 4. The molecule has 0 spiro atoms. The predicted molar refractivity (Wildman–Crippen MR) is 107 cm³/mol. The molecule has 5 rings (SSSR count). The van der Waals surface area contributed by atoms with Crippen LogP contribution in [0.4, 0.5) is 23.4 Å². The lowest BCUT2D eigenvalue weighted by atomic mass is 9.97. The fourth-order valence-corrected chi connectivity index (χ4v) is 5.00. The van der Waals surface area contributed by atoms with Crippen molar-refractivity contribution in [3.63, 3.8) is 0 Å². The van der Waals surface area contributed by atoms with Gasteiger partial charge in [0.25, 0.3) is 0 Å². The summed E-state index contributed by atoms with van der Waals surface area (Å²) in [6.45, 7) is 1.78. The number of rotatable bonds is 5. The normalized spacial score (nSPS) is 25.4. The molecule has 0 saturated heterocycles. The molecule has 168 valence electrons. The van der Waals surface area contributed by atoms with Crippen molar-refractivity contribution in [2.45, 2.75) is 32.0 Å². The second-order valence-corrected chi connectivity index (χ2v) is 8.53. The second-order valence-electron chi connectivity index (χ2n) is 8.53. The van der Waals surface area contributed by atoms with Gasteiger partial charge in [0.15, 0.2) is 5.82 Å². The molecule has 2 aliphatic rings. The van der Waals surface area contributed by atoms with Crippen molar-refractivity contribution in [3.8, 4) is 5.75 Å². The van der Waals surface area contributed by atoms with Gasteiger partial charge in [-0.2, -0.15) is 18.3 Å². The first-order valence-electron chi connectivity index (χ1n) is 10.3. The number of amides is 1. The molecule has 2 aromatic heterocycles. The van der Waals surface area contributed by atoms with Crippen LogP contribution in [-0.2, 0) is 11.0 Å². The number of aromatic nitrogens is 3. The van der Waals surface area contributed by atoms with Crippen LogP contribution >= 0.6 is 0 Å². The Balaban J connectivity index is 1.18. The van der Waals surface area contributed by atoms with E-state index in [0.29, 0.717) is 28.5 Å². The highest BCUT2D eigenvalue weighted by atomic mass is 19.4. The van der Waals surface area contributed by atoms with E-state index >= 15 is 0 Å². The Morgan fingerprint density at radius 1 is 1.22 bits per heavy atom. The molecular weight excluding hydrogens is 428 g/mol. The van der Waals surface area contributed by atoms with E-state index in [9.17, 15) is 22.4 Å². The molecule has 2 saturated carbocycles. The fourth-order valence-electron chi connectivity index (χ4n) is 5.00. The molecule has 1 amide bonds. The molecule has 0 radical (unpaired) electrons. The van der Waals surface area contributed by atoms with Crippen molar-refractivity contribution in [1.82, 2.24) is 15.2 Å². The largest absolute Gasteiger partial charge is 0.490 e. The quantitative estimate of drug-likeness (QED) is 0.550. The molecule has 0 aliphatic heterocycles. The summed E-state index contributed by atoms with van der Waals surface area (Å²) in [4.78, 5) is 16.7. The molecular formula is C22H20F4N4O2. The predicted octanol–water partition coefficient (Wildman–Crippen LogP) is 4.79. The first-order valence-corrected chi connectivity index (χ1v) is 10.3. The number of aromatic amines is 1. The van der Waals surface area contributed by atoms with Gasteiger partial charge in [-0.15, -0.1) is 0 Å². The lowest BCUT2D eigenvalue weighted by Crippen LogP contribution is -2.25. The lowest BCUT2D eigenvalue weighted by molar-refractivity contribution is -0.141. The third-order valence-corrected chi connectivity index (χ3v) is 6.55. The minimum Gasteiger partial charge on any atom is -0.490 e. The van der Waals surface area contributed by atoms with Gasteiger partial charge in [-0.05, 0) is 54.9 Å². The standard InChI is InChI=1S/C22H20F4N4O2/c1-10(21(31)28-19-9-18(29-30-19)22(24,25)26)20-13-7-12(8-14(13)20)32-17-4-5-27-16-3-2-11(23)6-15(16)17/h2-6,9-10,12-14,20H,7-8H2,1H3,(H2,28,29,30,31)/t10?,12?,13-,14+,20?. The average Bonchev–Trinajstić information content (AvgIpc) is 3.08. The Morgan fingerprint density at radius 2 is 1.97 bits per heavy atom. The van der Waals surface area contributed by atoms with Gasteiger partial charge < -0.3 is 10.1 Å². The number of halogens is 4. The van der Waals surface area contributed by atoms with Gasteiger partial charge in [-0.25, -0.2) is 4.39 Å². The van der Waals surface area contributed by atoms with E-state index in [0.717, 1.165) is 18.9 Å². The van der Waals surface area contributed by atoms with Gasteiger partial charge in [0.2, 0.25) is 5.91 Å². The number of carbonyl (C=O) groups excluding carboxylic acids is 1. The van der Waals surface area contributed by atoms with Crippen molar-refractivity contribution in [2.24, 2.45) is 23.7 Å². The zero-order chi connectivity index (χ0) is 22.6. The number of nitrogens with zero attached hydrogens (tertiary/aromatic N) is 2. The van der Waals surface area contributed by atoms with E-state index in [2.05, 4.69) is 15.4 Å². The van der Waals surface area contributed by atoms with Crippen LogP contribution in [0.2, 0.25) is 0 Å². The van der Waals surface area contributed by atoms with Crippen molar-refractivity contribution >= 4 is 22.6 Å². The first kappa shape index (κ1) is 20.7. The van der Waals surface area contributed by atoms with E-state index in [1.165, 1.54) is 12.1 Å². The van der Waals surface area contributed by atoms with Crippen LogP contribution in [0.5, 0.6) is 5.75 Å². The molecule has 0 bridgehead atoms. The van der Waals surface area contributed by atoms with Crippen LogP contribution in [0.25, 0.3) is 10.9 Å². The van der Waals surface area contributed by atoms with Crippen LogP contribution in [0.3, 0.4) is 0 Å². The molecule has 32 heavy (non-hydrogen) atoms. The van der Waals surface area contributed by atoms with Gasteiger partial charge in [0.1, 0.15) is 17.3 Å². The SMILES string of the molecule is CC(C(=O)Nc1cc(C(F)(F)F)[nH]n1)C1[C@H]2CC(Oc3ccnc4ccc(F)cc34)C[C@@H]12. The Labute approximate surface area is 180 Å². The highest BCUT2D eigenvalue weighted by molar-refractivity contribution is 5.92. The number of nitrogens with one attached hydrogen (secondary N) is 2. The van der Waals surface area contributed by atoms with E-state index in [4.69, 9.17) is 4.74 Å². The van der Waals surface area contributed by atoms with E-state index in [1.54, 1.807) is 25.3 Å². The Bertz CT molecular complexity index is 1170. The number of H-pyrrole nitrogens is 1. The highest BCUT2D eigenvalue weighted by Crippen LogP contribution is 2.61. The first-order chi connectivity index (χ1) is 15.2. The second kappa shape index (κ2) is 7.46. The minimum absolute atomic E-state index is 0.0361. The number of anilines is 1. The third-order valence-electron chi connectivity index (χ3n) is 6.55. The van der Waals surface area contributed by atoms with Crippen molar-refractivity contribution in [1.29, 1.82) is 0 Å². The number of hydrogen-bond donors (Lipinski definition) is 2. The van der Waals surface area contributed by atoms with Gasteiger partial charge in [0.05, 0.1) is 11.6 Å². The van der Waals surface area contributed by atoms with Gasteiger partial charge >= 0.3 is 6.18 Å². The lowest BCUT2D eigenvalue weighted by Gasteiger charge is -2.20. The molecule has 2 fully saturated rings. The van der Waals surface area contributed by atoms with Crippen LogP contribution in [0.15, 0.2) is 36.5 Å². The van der Waals surface area contributed by atoms with Gasteiger partial charge in [-0.3, -0.25) is 14.9 Å². The van der Waals surface area contributed by atoms with Gasteiger partial charge in [-0.1, -0.05) is 6.92 Å². The fraction of sp³-hybridized carbons (Fsp3) is 0.409. The molecule has 2 aliphatic carbocycles. The van der Waals surface area contributed by atoms with Crippen molar-refractivity contribution in [3.05, 3.63) is 48.0 Å². The number of benzene rings is 1. The van der Waals surface area contributed by atoms with E-state index < -0.39 is 11.9 Å². The summed E-state index contributed by atoms with van der Waals surface area (Å²) in [5.41, 5.74) is -0.352. The number of fused-ring (bicyclic) bond motifs is 2. The molecule has 6 nitrogen and oxygen atoms in total. The molecule has 1 aromatic carbocycles.